The summed E-state index contributed by atoms with van der Waals surface area (Å²) in [5.74, 6) is 0.633. The Hall–Kier alpha value is -3.38. The number of hydrogen-bond donors (Lipinski definition) is 1. The lowest BCUT2D eigenvalue weighted by Crippen LogP contribution is -2.23. The van der Waals surface area contributed by atoms with Crippen LogP contribution in [0, 0.1) is 6.92 Å². The van der Waals surface area contributed by atoms with Crippen molar-refractivity contribution in [1.82, 2.24) is 9.88 Å². The first-order valence-corrected chi connectivity index (χ1v) is 9.26. The molecule has 0 atom stereocenters. The van der Waals surface area contributed by atoms with Gasteiger partial charge in [0.25, 0.3) is 11.8 Å². The molecule has 148 valence electrons. The summed E-state index contributed by atoms with van der Waals surface area (Å²) in [6.45, 7) is 1.70. The van der Waals surface area contributed by atoms with Gasteiger partial charge in [0.15, 0.2) is 0 Å². The van der Waals surface area contributed by atoms with Crippen LogP contribution in [0.25, 0.3) is 0 Å². The number of benzene rings is 2. The van der Waals surface area contributed by atoms with Crippen molar-refractivity contribution >= 4 is 29.1 Å². The van der Waals surface area contributed by atoms with Crippen LogP contribution in [0.2, 0.25) is 5.02 Å². The van der Waals surface area contributed by atoms with Gasteiger partial charge in [-0.1, -0.05) is 23.7 Å². The highest BCUT2D eigenvalue weighted by atomic mass is 35.5. The Balaban J connectivity index is 1.69. The molecule has 0 saturated carbocycles. The monoisotopic (exact) mass is 409 g/mol. The summed E-state index contributed by atoms with van der Waals surface area (Å²) in [4.78, 5) is 30.3. The first-order valence-electron chi connectivity index (χ1n) is 8.88. The molecule has 1 N–H and O–H groups in total. The second-order valence-electron chi connectivity index (χ2n) is 6.54. The number of carbonyl (C=O) groups excluding carboxylic acids is 2. The zero-order chi connectivity index (χ0) is 21.0. The number of pyridine rings is 1. The Bertz CT molecular complexity index is 1050. The zero-order valence-corrected chi connectivity index (χ0v) is 17.0. The molecule has 29 heavy (non-hydrogen) atoms. The van der Waals surface area contributed by atoms with Gasteiger partial charge in [-0.25, -0.2) is 4.98 Å². The number of para-hydroxylation sites is 1. The van der Waals surface area contributed by atoms with Crippen molar-refractivity contribution in [3.63, 3.8) is 0 Å². The third-order valence-electron chi connectivity index (χ3n) is 4.13. The Kier molecular flexibility index (Phi) is 6.14. The lowest BCUT2D eigenvalue weighted by atomic mass is 10.1. The van der Waals surface area contributed by atoms with E-state index in [0.717, 1.165) is 0 Å². The lowest BCUT2D eigenvalue weighted by molar-refractivity contribution is 0.0821. The van der Waals surface area contributed by atoms with Crippen LogP contribution in [0.4, 0.5) is 5.69 Å². The molecule has 0 radical (unpaired) electrons. The average Bonchev–Trinajstić information content (AvgIpc) is 2.70. The van der Waals surface area contributed by atoms with Gasteiger partial charge in [0.1, 0.15) is 17.2 Å². The highest BCUT2D eigenvalue weighted by molar-refractivity contribution is 6.32. The Morgan fingerprint density at radius 3 is 2.31 bits per heavy atom. The second-order valence-corrected chi connectivity index (χ2v) is 6.95. The molecule has 0 spiro atoms. The standard InChI is InChI=1S/C22H20ClN3O3/c1-14-17(12-13-19(24-14)22(28)26(2)3)21(27)25-15-8-10-16(11-9-15)29-20-7-5-4-6-18(20)23/h4-13H,1-3H3,(H,25,27). The number of aromatic nitrogens is 1. The van der Waals surface area contributed by atoms with E-state index < -0.39 is 0 Å². The molecule has 0 saturated heterocycles. The first-order chi connectivity index (χ1) is 13.8. The number of hydrogen-bond acceptors (Lipinski definition) is 4. The van der Waals surface area contributed by atoms with E-state index in [9.17, 15) is 9.59 Å². The number of rotatable bonds is 5. The van der Waals surface area contributed by atoms with Gasteiger partial charge in [-0.15, -0.1) is 0 Å². The molecule has 0 aliphatic heterocycles. The lowest BCUT2D eigenvalue weighted by Gasteiger charge is -2.12. The molecule has 1 aromatic heterocycles. The molecule has 6 nitrogen and oxygen atoms in total. The number of ether oxygens (including phenoxy) is 1. The highest BCUT2D eigenvalue weighted by Gasteiger charge is 2.15. The Morgan fingerprint density at radius 1 is 1.00 bits per heavy atom. The fraction of sp³-hybridized carbons (Fsp3) is 0.136. The van der Waals surface area contributed by atoms with Gasteiger partial charge < -0.3 is 15.0 Å². The molecule has 0 fully saturated rings. The van der Waals surface area contributed by atoms with Crippen LogP contribution in [0.1, 0.15) is 26.5 Å². The molecule has 0 aliphatic rings. The van der Waals surface area contributed by atoms with E-state index in [1.165, 1.54) is 4.90 Å². The molecule has 3 aromatic rings. The van der Waals surface area contributed by atoms with Crippen molar-refractivity contribution in [3.8, 4) is 11.5 Å². The van der Waals surface area contributed by atoms with Crippen molar-refractivity contribution in [2.75, 3.05) is 19.4 Å². The van der Waals surface area contributed by atoms with E-state index in [1.807, 2.05) is 12.1 Å². The molecule has 2 aromatic carbocycles. The second kappa shape index (κ2) is 8.75. The highest BCUT2D eigenvalue weighted by Crippen LogP contribution is 2.29. The van der Waals surface area contributed by atoms with Crippen molar-refractivity contribution in [3.05, 3.63) is 82.6 Å². The third kappa shape index (κ3) is 4.92. The predicted molar refractivity (Wildman–Crippen MR) is 113 cm³/mol. The quantitative estimate of drug-likeness (QED) is 0.657. The summed E-state index contributed by atoms with van der Waals surface area (Å²) in [5.41, 5.74) is 1.78. The fourth-order valence-electron chi connectivity index (χ4n) is 2.61. The van der Waals surface area contributed by atoms with Crippen LogP contribution in [0.5, 0.6) is 11.5 Å². The van der Waals surface area contributed by atoms with Crippen LogP contribution in [0.15, 0.2) is 60.7 Å². The average molecular weight is 410 g/mol. The molecular weight excluding hydrogens is 390 g/mol. The number of carbonyl (C=O) groups is 2. The number of halogens is 1. The summed E-state index contributed by atoms with van der Waals surface area (Å²) in [5, 5.41) is 3.33. The minimum Gasteiger partial charge on any atom is -0.456 e. The predicted octanol–water partition coefficient (Wildman–Crippen LogP) is 4.79. The van der Waals surface area contributed by atoms with Crippen molar-refractivity contribution in [2.24, 2.45) is 0 Å². The van der Waals surface area contributed by atoms with Gasteiger partial charge in [0.05, 0.1) is 16.3 Å². The van der Waals surface area contributed by atoms with E-state index in [-0.39, 0.29) is 11.8 Å². The van der Waals surface area contributed by atoms with Crippen LogP contribution >= 0.6 is 11.6 Å². The number of nitrogens with zero attached hydrogens (tertiary/aromatic N) is 2. The maximum absolute atomic E-state index is 12.6. The Labute approximate surface area is 174 Å². The van der Waals surface area contributed by atoms with Gasteiger partial charge in [-0.05, 0) is 55.5 Å². The topological polar surface area (TPSA) is 71.5 Å². The van der Waals surface area contributed by atoms with E-state index >= 15 is 0 Å². The van der Waals surface area contributed by atoms with Gasteiger partial charge >= 0.3 is 0 Å². The summed E-state index contributed by atoms with van der Waals surface area (Å²) in [6, 6.07) is 17.3. The summed E-state index contributed by atoms with van der Waals surface area (Å²) in [6.07, 6.45) is 0. The van der Waals surface area contributed by atoms with Crippen molar-refractivity contribution in [1.29, 1.82) is 0 Å². The summed E-state index contributed by atoms with van der Waals surface area (Å²) in [7, 11) is 3.30. The molecule has 3 rings (SSSR count). The summed E-state index contributed by atoms with van der Waals surface area (Å²) < 4.78 is 5.74. The normalized spacial score (nSPS) is 10.3. The van der Waals surface area contributed by atoms with E-state index in [2.05, 4.69) is 10.3 Å². The van der Waals surface area contributed by atoms with Gasteiger partial charge in [-0.2, -0.15) is 0 Å². The number of amides is 2. The third-order valence-corrected chi connectivity index (χ3v) is 4.44. The first kappa shape index (κ1) is 20.4. The molecule has 1 heterocycles. The van der Waals surface area contributed by atoms with Gasteiger partial charge in [0, 0.05) is 19.8 Å². The zero-order valence-electron chi connectivity index (χ0n) is 16.3. The van der Waals surface area contributed by atoms with Gasteiger partial charge in [0.2, 0.25) is 0 Å². The smallest absolute Gasteiger partial charge is 0.271 e. The minimum absolute atomic E-state index is 0.214. The molecule has 0 bridgehead atoms. The summed E-state index contributed by atoms with van der Waals surface area (Å²) >= 11 is 6.09. The van der Waals surface area contributed by atoms with Gasteiger partial charge in [-0.3, -0.25) is 9.59 Å². The largest absolute Gasteiger partial charge is 0.456 e. The fourth-order valence-corrected chi connectivity index (χ4v) is 2.78. The number of aryl methyl sites for hydroxylation is 1. The Morgan fingerprint density at radius 2 is 1.69 bits per heavy atom. The van der Waals surface area contributed by atoms with Crippen molar-refractivity contribution < 1.29 is 14.3 Å². The van der Waals surface area contributed by atoms with Crippen LogP contribution in [-0.2, 0) is 0 Å². The van der Waals surface area contributed by atoms with Crippen molar-refractivity contribution in [2.45, 2.75) is 6.92 Å². The van der Waals surface area contributed by atoms with Crippen LogP contribution < -0.4 is 10.1 Å². The molecular formula is C22H20ClN3O3. The molecule has 0 unspecified atom stereocenters. The number of nitrogens with one attached hydrogen (secondary N) is 1. The minimum atomic E-state index is -0.307. The van der Waals surface area contributed by atoms with Crippen LogP contribution in [-0.4, -0.2) is 35.8 Å². The SMILES string of the molecule is Cc1nc(C(=O)N(C)C)ccc1C(=O)Nc1ccc(Oc2ccccc2Cl)cc1. The number of anilines is 1. The maximum Gasteiger partial charge on any atom is 0.271 e. The van der Waals surface area contributed by atoms with Crippen LogP contribution in [0.3, 0.4) is 0 Å². The van der Waals surface area contributed by atoms with E-state index in [4.69, 9.17) is 16.3 Å². The van der Waals surface area contributed by atoms with E-state index in [0.29, 0.717) is 39.2 Å². The molecule has 0 aliphatic carbocycles. The molecule has 7 heteroatoms. The molecule has 2 amide bonds. The maximum atomic E-state index is 12.6. The van der Waals surface area contributed by atoms with E-state index in [1.54, 1.807) is 69.6 Å².